The molecule has 4 nitrogen and oxygen atoms in total. The number of aliphatic hydroxyl groups is 1. The molecule has 2 aromatic rings. The molecular weight excluding hydrogens is 314 g/mol. The number of hydrogen-bond acceptors (Lipinski definition) is 4. The molecule has 0 aliphatic rings. The van der Waals surface area contributed by atoms with Crippen molar-refractivity contribution < 1.29 is 14.6 Å². The summed E-state index contributed by atoms with van der Waals surface area (Å²) in [7, 11) is 1.58. The third-order valence-electron chi connectivity index (χ3n) is 3.51. The van der Waals surface area contributed by atoms with Gasteiger partial charge in [-0.15, -0.1) is 0 Å². The molecule has 0 aliphatic heterocycles. The Morgan fingerprint density at radius 1 is 1.13 bits per heavy atom. The Labute approximate surface area is 142 Å². The molecule has 0 radical (unpaired) electrons. The standard InChI is InChI=1S/C18H22ClNO3/c1-3-23-17-9-13(8-16(19)18(17)22-2)10-20-11-14-6-4-5-7-15(14)12-21/h4-9,20-21H,3,10-12H2,1-2H3. The van der Waals surface area contributed by atoms with Gasteiger partial charge in [-0.3, -0.25) is 0 Å². The van der Waals surface area contributed by atoms with Gasteiger partial charge in [-0.2, -0.15) is 0 Å². The van der Waals surface area contributed by atoms with E-state index in [0.29, 0.717) is 36.2 Å². The molecule has 23 heavy (non-hydrogen) atoms. The Balaban J connectivity index is 2.05. The van der Waals surface area contributed by atoms with Crippen LogP contribution in [0.15, 0.2) is 36.4 Å². The monoisotopic (exact) mass is 335 g/mol. The maximum atomic E-state index is 9.35. The molecule has 0 heterocycles. The fraction of sp³-hybridized carbons (Fsp3) is 0.333. The van der Waals surface area contributed by atoms with E-state index in [1.807, 2.05) is 43.3 Å². The summed E-state index contributed by atoms with van der Waals surface area (Å²) in [5.41, 5.74) is 3.03. The van der Waals surface area contributed by atoms with Gasteiger partial charge in [0.25, 0.3) is 0 Å². The molecule has 0 spiro atoms. The van der Waals surface area contributed by atoms with E-state index in [2.05, 4.69) is 5.32 Å². The highest BCUT2D eigenvalue weighted by Crippen LogP contribution is 2.36. The van der Waals surface area contributed by atoms with Gasteiger partial charge in [0, 0.05) is 13.1 Å². The van der Waals surface area contributed by atoms with Crippen molar-refractivity contribution in [2.24, 2.45) is 0 Å². The number of rotatable bonds is 8. The van der Waals surface area contributed by atoms with E-state index in [0.717, 1.165) is 16.7 Å². The number of ether oxygens (including phenoxy) is 2. The van der Waals surface area contributed by atoms with Crippen LogP contribution in [0.5, 0.6) is 11.5 Å². The van der Waals surface area contributed by atoms with Crippen LogP contribution in [0, 0.1) is 0 Å². The third kappa shape index (κ3) is 4.61. The van der Waals surface area contributed by atoms with Gasteiger partial charge < -0.3 is 19.9 Å². The Hall–Kier alpha value is -1.75. The Kier molecular flexibility index (Phi) is 6.71. The molecule has 5 heteroatoms. The molecule has 124 valence electrons. The molecule has 2 rings (SSSR count). The Morgan fingerprint density at radius 3 is 2.52 bits per heavy atom. The smallest absolute Gasteiger partial charge is 0.179 e. The van der Waals surface area contributed by atoms with E-state index >= 15 is 0 Å². The minimum Gasteiger partial charge on any atom is -0.491 e. The topological polar surface area (TPSA) is 50.7 Å². The average Bonchev–Trinajstić information content (AvgIpc) is 2.55. The van der Waals surface area contributed by atoms with Crippen LogP contribution < -0.4 is 14.8 Å². The maximum absolute atomic E-state index is 9.35. The predicted molar refractivity (Wildman–Crippen MR) is 92.1 cm³/mol. The molecule has 0 aliphatic carbocycles. The summed E-state index contributed by atoms with van der Waals surface area (Å²) >= 11 is 6.25. The number of benzene rings is 2. The van der Waals surface area contributed by atoms with Crippen molar-refractivity contribution in [1.29, 1.82) is 0 Å². The zero-order chi connectivity index (χ0) is 16.7. The van der Waals surface area contributed by atoms with Crippen molar-refractivity contribution in [3.05, 3.63) is 58.1 Å². The summed E-state index contributed by atoms with van der Waals surface area (Å²) in [6, 6.07) is 11.6. The minimum atomic E-state index is 0.0424. The van der Waals surface area contributed by atoms with Crippen LogP contribution in [0.3, 0.4) is 0 Å². The van der Waals surface area contributed by atoms with E-state index < -0.39 is 0 Å². The van der Waals surface area contributed by atoms with Crippen molar-refractivity contribution >= 4 is 11.6 Å². The summed E-state index contributed by atoms with van der Waals surface area (Å²) < 4.78 is 10.9. The van der Waals surface area contributed by atoms with Crippen LogP contribution in [-0.2, 0) is 19.7 Å². The maximum Gasteiger partial charge on any atom is 0.179 e. The summed E-state index contributed by atoms with van der Waals surface area (Å²) in [6.07, 6.45) is 0. The SMILES string of the molecule is CCOc1cc(CNCc2ccccc2CO)cc(Cl)c1OC. The molecule has 0 saturated carbocycles. The van der Waals surface area contributed by atoms with Crippen LogP contribution in [0.2, 0.25) is 5.02 Å². The first kappa shape index (κ1) is 17.6. The fourth-order valence-electron chi connectivity index (χ4n) is 2.41. The molecule has 0 bridgehead atoms. The highest BCUT2D eigenvalue weighted by atomic mass is 35.5. The molecule has 0 amide bonds. The lowest BCUT2D eigenvalue weighted by atomic mass is 10.1. The van der Waals surface area contributed by atoms with Gasteiger partial charge in [0.1, 0.15) is 0 Å². The lowest BCUT2D eigenvalue weighted by molar-refractivity contribution is 0.280. The number of aliphatic hydroxyl groups excluding tert-OH is 1. The molecule has 0 unspecified atom stereocenters. The van der Waals surface area contributed by atoms with Gasteiger partial charge >= 0.3 is 0 Å². The molecular formula is C18H22ClNO3. The first-order valence-electron chi connectivity index (χ1n) is 7.57. The van der Waals surface area contributed by atoms with Crippen molar-refractivity contribution in [2.75, 3.05) is 13.7 Å². The number of halogens is 1. The summed E-state index contributed by atoms with van der Waals surface area (Å²) in [5, 5.41) is 13.2. The second-order valence-corrected chi connectivity index (χ2v) is 5.48. The van der Waals surface area contributed by atoms with Gasteiger partial charge in [-0.1, -0.05) is 35.9 Å². The molecule has 0 saturated heterocycles. The quantitative estimate of drug-likeness (QED) is 0.775. The Morgan fingerprint density at radius 2 is 1.87 bits per heavy atom. The van der Waals surface area contributed by atoms with E-state index in [-0.39, 0.29) is 6.61 Å². The van der Waals surface area contributed by atoms with Crippen molar-refractivity contribution in [3.8, 4) is 11.5 Å². The largest absolute Gasteiger partial charge is 0.491 e. The van der Waals surface area contributed by atoms with Crippen LogP contribution >= 0.6 is 11.6 Å². The van der Waals surface area contributed by atoms with Crippen LogP contribution in [0.4, 0.5) is 0 Å². The van der Waals surface area contributed by atoms with Gasteiger partial charge in [0.05, 0.1) is 25.3 Å². The van der Waals surface area contributed by atoms with Crippen LogP contribution in [0.1, 0.15) is 23.6 Å². The van der Waals surface area contributed by atoms with Crippen LogP contribution in [-0.4, -0.2) is 18.8 Å². The van der Waals surface area contributed by atoms with E-state index in [1.165, 1.54) is 0 Å². The molecule has 2 N–H and O–H groups in total. The van der Waals surface area contributed by atoms with E-state index in [9.17, 15) is 5.11 Å². The van der Waals surface area contributed by atoms with E-state index in [1.54, 1.807) is 7.11 Å². The zero-order valence-electron chi connectivity index (χ0n) is 13.4. The lowest BCUT2D eigenvalue weighted by Crippen LogP contribution is -2.14. The normalized spacial score (nSPS) is 10.6. The van der Waals surface area contributed by atoms with Gasteiger partial charge in [-0.25, -0.2) is 0 Å². The van der Waals surface area contributed by atoms with Gasteiger partial charge in [0.2, 0.25) is 0 Å². The molecule has 0 fully saturated rings. The summed E-state index contributed by atoms with van der Waals surface area (Å²) in [5.74, 6) is 1.21. The second-order valence-electron chi connectivity index (χ2n) is 5.07. The van der Waals surface area contributed by atoms with Gasteiger partial charge in [-0.05, 0) is 35.7 Å². The first-order valence-corrected chi connectivity index (χ1v) is 7.95. The molecule has 0 aromatic heterocycles. The number of methoxy groups -OCH3 is 1. The third-order valence-corrected chi connectivity index (χ3v) is 3.79. The highest BCUT2D eigenvalue weighted by molar-refractivity contribution is 6.32. The first-order chi connectivity index (χ1) is 11.2. The summed E-state index contributed by atoms with van der Waals surface area (Å²) in [6.45, 7) is 3.83. The van der Waals surface area contributed by atoms with Gasteiger partial charge in [0.15, 0.2) is 11.5 Å². The zero-order valence-corrected chi connectivity index (χ0v) is 14.2. The molecule has 0 atom stereocenters. The van der Waals surface area contributed by atoms with Crippen molar-refractivity contribution in [1.82, 2.24) is 5.32 Å². The summed E-state index contributed by atoms with van der Waals surface area (Å²) in [4.78, 5) is 0. The van der Waals surface area contributed by atoms with E-state index in [4.69, 9.17) is 21.1 Å². The van der Waals surface area contributed by atoms with Crippen LogP contribution in [0.25, 0.3) is 0 Å². The van der Waals surface area contributed by atoms with Crippen molar-refractivity contribution in [2.45, 2.75) is 26.6 Å². The average molecular weight is 336 g/mol. The second kappa shape index (κ2) is 8.77. The van der Waals surface area contributed by atoms with Crippen molar-refractivity contribution in [3.63, 3.8) is 0 Å². The highest BCUT2D eigenvalue weighted by Gasteiger charge is 2.11. The number of hydrogen-bond donors (Lipinski definition) is 2. The predicted octanol–water partition coefficient (Wildman–Crippen LogP) is 3.53. The minimum absolute atomic E-state index is 0.0424. The molecule has 2 aromatic carbocycles. The Bertz CT molecular complexity index is 646. The fourth-order valence-corrected chi connectivity index (χ4v) is 2.72. The number of nitrogens with one attached hydrogen (secondary N) is 1. The lowest BCUT2D eigenvalue weighted by Gasteiger charge is -2.14.